The van der Waals surface area contributed by atoms with Gasteiger partial charge >= 0.3 is 5.97 Å². The third-order valence-electron chi connectivity index (χ3n) is 3.70. The third kappa shape index (κ3) is 2.78. The summed E-state index contributed by atoms with van der Waals surface area (Å²) >= 11 is 0. The highest BCUT2D eigenvalue weighted by Crippen LogP contribution is 2.26. The van der Waals surface area contributed by atoms with Gasteiger partial charge in [-0.2, -0.15) is 0 Å². The van der Waals surface area contributed by atoms with Crippen LogP contribution in [0.1, 0.15) is 47.1 Å². The number of hydrogen-bond acceptors (Lipinski definition) is 4. The van der Waals surface area contributed by atoms with Gasteiger partial charge in [-0.1, -0.05) is 6.92 Å². The van der Waals surface area contributed by atoms with Crippen molar-refractivity contribution in [3.63, 3.8) is 0 Å². The molecule has 2 rings (SSSR count). The maximum atomic E-state index is 12.1. The molecule has 1 saturated heterocycles. The maximum absolute atomic E-state index is 12.1. The summed E-state index contributed by atoms with van der Waals surface area (Å²) in [6.07, 6.45) is 2.78. The van der Waals surface area contributed by atoms with Crippen LogP contribution in [0, 0.1) is 0 Å². The molecule has 0 bridgehead atoms. The van der Waals surface area contributed by atoms with Crippen molar-refractivity contribution in [3.8, 4) is 0 Å². The topological polar surface area (TPSA) is 91.0 Å². The highest BCUT2D eigenvalue weighted by atomic mass is 16.4. The lowest BCUT2D eigenvalue weighted by molar-refractivity contribution is -0.0199. The van der Waals surface area contributed by atoms with E-state index in [0.29, 0.717) is 32.4 Å². The second-order valence-corrected chi connectivity index (χ2v) is 4.87. The van der Waals surface area contributed by atoms with Crippen LogP contribution in [0.5, 0.6) is 0 Å². The van der Waals surface area contributed by atoms with Crippen LogP contribution in [-0.2, 0) is 0 Å². The molecule has 1 fully saturated rings. The van der Waals surface area contributed by atoms with Crippen molar-refractivity contribution >= 4 is 11.9 Å². The SMILES string of the molecule is CCC1(O)CCN(C(=O)c2cc(C(=O)O)co2)CC1. The fraction of sp³-hybridized carbons (Fsp3) is 0.538. The molecule has 1 aliphatic heterocycles. The number of carboxylic acid groups (broad SMARTS) is 1. The molecule has 1 aromatic heterocycles. The van der Waals surface area contributed by atoms with Gasteiger partial charge in [0.1, 0.15) is 6.26 Å². The minimum absolute atomic E-state index is 0.0272. The summed E-state index contributed by atoms with van der Waals surface area (Å²) in [6.45, 7) is 2.82. The van der Waals surface area contributed by atoms with E-state index >= 15 is 0 Å². The minimum Gasteiger partial charge on any atom is -0.478 e. The van der Waals surface area contributed by atoms with E-state index < -0.39 is 11.6 Å². The van der Waals surface area contributed by atoms with Crippen molar-refractivity contribution in [3.05, 3.63) is 23.7 Å². The molecule has 0 atom stereocenters. The first kappa shape index (κ1) is 13.6. The van der Waals surface area contributed by atoms with E-state index in [9.17, 15) is 14.7 Å². The summed E-state index contributed by atoms with van der Waals surface area (Å²) in [5.41, 5.74) is -0.725. The number of amides is 1. The molecule has 1 aliphatic rings. The largest absolute Gasteiger partial charge is 0.478 e. The van der Waals surface area contributed by atoms with Gasteiger partial charge in [0.2, 0.25) is 0 Å². The number of aliphatic hydroxyl groups is 1. The zero-order valence-electron chi connectivity index (χ0n) is 10.8. The maximum Gasteiger partial charge on any atom is 0.338 e. The first-order chi connectivity index (χ1) is 8.95. The monoisotopic (exact) mass is 267 g/mol. The normalized spacial score (nSPS) is 18.3. The number of carbonyl (C=O) groups is 2. The van der Waals surface area contributed by atoms with Gasteiger partial charge in [0.25, 0.3) is 5.91 Å². The lowest BCUT2D eigenvalue weighted by Gasteiger charge is -2.37. The highest BCUT2D eigenvalue weighted by molar-refractivity contribution is 5.95. The number of piperidine rings is 1. The van der Waals surface area contributed by atoms with E-state index in [-0.39, 0.29) is 17.2 Å². The van der Waals surface area contributed by atoms with Gasteiger partial charge in [-0.15, -0.1) is 0 Å². The van der Waals surface area contributed by atoms with E-state index in [0.717, 1.165) is 6.26 Å². The summed E-state index contributed by atoms with van der Waals surface area (Å²) in [5, 5.41) is 18.9. The third-order valence-corrected chi connectivity index (χ3v) is 3.70. The number of furan rings is 1. The Morgan fingerprint density at radius 2 is 2.05 bits per heavy atom. The average Bonchev–Trinajstić information content (AvgIpc) is 2.88. The molecule has 6 heteroatoms. The number of nitrogens with zero attached hydrogens (tertiary/aromatic N) is 1. The minimum atomic E-state index is -1.12. The van der Waals surface area contributed by atoms with E-state index in [2.05, 4.69) is 0 Å². The Balaban J connectivity index is 2.03. The number of aromatic carboxylic acids is 1. The standard InChI is InChI=1S/C13H17NO5/c1-2-13(18)3-5-14(6-4-13)11(15)10-7-9(8-19-10)12(16)17/h7-8,18H,2-6H2,1H3,(H,16,17). The number of rotatable bonds is 3. The van der Waals surface area contributed by atoms with Crippen molar-refractivity contribution in [2.45, 2.75) is 31.8 Å². The van der Waals surface area contributed by atoms with Gasteiger partial charge < -0.3 is 19.5 Å². The molecule has 0 aromatic carbocycles. The molecular weight excluding hydrogens is 250 g/mol. The van der Waals surface area contributed by atoms with Crippen LogP contribution in [-0.4, -0.2) is 45.7 Å². The molecule has 0 saturated carbocycles. The van der Waals surface area contributed by atoms with Gasteiger partial charge in [0.05, 0.1) is 11.2 Å². The Labute approximate surface area is 110 Å². The van der Waals surface area contributed by atoms with Gasteiger partial charge in [-0.3, -0.25) is 4.79 Å². The number of hydrogen-bond donors (Lipinski definition) is 2. The first-order valence-electron chi connectivity index (χ1n) is 6.29. The summed E-state index contributed by atoms with van der Waals surface area (Å²) in [4.78, 5) is 24.4. The van der Waals surface area contributed by atoms with Crippen LogP contribution in [0.3, 0.4) is 0 Å². The average molecular weight is 267 g/mol. The summed E-state index contributed by atoms with van der Waals surface area (Å²) < 4.78 is 4.98. The zero-order valence-corrected chi connectivity index (χ0v) is 10.8. The zero-order chi connectivity index (χ0) is 14.0. The van der Waals surface area contributed by atoms with Gasteiger partial charge in [0, 0.05) is 19.2 Å². The molecule has 2 heterocycles. The Hall–Kier alpha value is -1.82. The molecular formula is C13H17NO5. The second kappa shape index (κ2) is 5.05. The molecule has 0 spiro atoms. The van der Waals surface area contributed by atoms with Gasteiger partial charge in [0.15, 0.2) is 5.76 Å². The van der Waals surface area contributed by atoms with Crippen molar-refractivity contribution in [2.75, 3.05) is 13.1 Å². The second-order valence-electron chi connectivity index (χ2n) is 4.87. The molecule has 0 radical (unpaired) electrons. The first-order valence-corrected chi connectivity index (χ1v) is 6.29. The Morgan fingerprint density at radius 1 is 1.42 bits per heavy atom. The van der Waals surface area contributed by atoms with Gasteiger partial charge in [-0.25, -0.2) is 4.79 Å². The fourth-order valence-corrected chi connectivity index (χ4v) is 2.20. The van der Waals surface area contributed by atoms with Crippen LogP contribution in [0.4, 0.5) is 0 Å². The number of likely N-dealkylation sites (tertiary alicyclic amines) is 1. The van der Waals surface area contributed by atoms with E-state index in [1.54, 1.807) is 4.90 Å². The van der Waals surface area contributed by atoms with Crippen LogP contribution >= 0.6 is 0 Å². The molecule has 1 aromatic rings. The predicted molar refractivity (Wildman–Crippen MR) is 66.0 cm³/mol. The van der Waals surface area contributed by atoms with E-state index in [1.165, 1.54) is 6.07 Å². The Morgan fingerprint density at radius 3 is 2.53 bits per heavy atom. The van der Waals surface area contributed by atoms with Crippen molar-refractivity contribution in [1.29, 1.82) is 0 Å². The van der Waals surface area contributed by atoms with Crippen LogP contribution in [0.25, 0.3) is 0 Å². The summed E-state index contributed by atoms with van der Waals surface area (Å²) in [6, 6.07) is 1.23. The summed E-state index contributed by atoms with van der Waals surface area (Å²) in [5.74, 6) is -1.42. The Kier molecular flexibility index (Phi) is 3.61. The van der Waals surface area contributed by atoms with E-state index in [4.69, 9.17) is 9.52 Å². The van der Waals surface area contributed by atoms with Crippen molar-refractivity contribution in [1.82, 2.24) is 4.90 Å². The van der Waals surface area contributed by atoms with Crippen molar-refractivity contribution in [2.24, 2.45) is 0 Å². The lowest BCUT2D eigenvalue weighted by atomic mass is 9.89. The van der Waals surface area contributed by atoms with E-state index in [1.807, 2.05) is 6.92 Å². The molecule has 2 N–H and O–H groups in total. The summed E-state index contributed by atoms with van der Waals surface area (Å²) in [7, 11) is 0. The molecule has 1 amide bonds. The van der Waals surface area contributed by atoms with Crippen LogP contribution in [0.2, 0.25) is 0 Å². The van der Waals surface area contributed by atoms with Crippen LogP contribution < -0.4 is 0 Å². The number of carboxylic acids is 1. The van der Waals surface area contributed by atoms with Crippen LogP contribution in [0.15, 0.2) is 16.7 Å². The number of carbonyl (C=O) groups excluding carboxylic acids is 1. The highest BCUT2D eigenvalue weighted by Gasteiger charge is 2.33. The lowest BCUT2D eigenvalue weighted by Crippen LogP contribution is -2.46. The van der Waals surface area contributed by atoms with Crippen molar-refractivity contribution < 1.29 is 24.2 Å². The predicted octanol–water partition coefficient (Wildman–Crippen LogP) is 1.35. The quantitative estimate of drug-likeness (QED) is 0.862. The molecule has 104 valence electrons. The molecule has 0 aliphatic carbocycles. The molecule has 6 nitrogen and oxygen atoms in total. The Bertz CT molecular complexity index is 485. The fourth-order valence-electron chi connectivity index (χ4n) is 2.20. The molecule has 19 heavy (non-hydrogen) atoms. The smallest absolute Gasteiger partial charge is 0.338 e. The molecule has 0 unspecified atom stereocenters. The van der Waals surface area contributed by atoms with Gasteiger partial charge in [-0.05, 0) is 19.3 Å².